The van der Waals surface area contributed by atoms with E-state index in [2.05, 4.69) is 15.3 Å². The van der Waals surface area contributed by atoms with Crippen LogP contribution in [0.15, 0.2) is 6.20 Å². The molecular weight excluding hydrogens is 223 g/mol. The maximum absolute atomic E-state index is 13.4. The number of hydrogen-bond donors (Lipinski definition) is 3. The summed E-state index contributed by atoms with van der Waals surface area (Å²) in [6.07, 6.45) is 2.63. The monoisotopic (exact) mass is 242 g/mol. The van der Waals surface area contributed by atoms with Crippen LogP contribution in [-0.4, -0.2) is 28.2 Å². The first kappa shape index (κ1) is 13.6. The number of rotatable bonds is 6. The molecule has 0 spiro atoms. The van der Waals surface area contributed by atoms with Gasteiger partial charge in [0.1, 0.15) is 0 Å². The van der Waals surface area contributed by atoms with E-state index < -0.39 is 5.82 Å². The summed E-state index contributed by atoms with van der Waals surface area (Å²) >= 11 is 0. The van der Waals surface area contributed by atoms with Crippen molar-refractivity contribution < 1.29 is 9.50 Å². The molecular formula is C11H19FN4O. The molecule has 17 heavy (non-hydrogen) atoms. The van der Waals surface area contributed by atoms with Gasteiger partial charge in [-0.25, -0.2) is 9.37 Å². The van der Waals surface area contributed by atoms with Crippen LogP contribution >= 0.6 is 0 Å². The zero-order valence-electron chi connectivity index (χ0n) is 10.2. The zero-order chi connectivity index (χ0) is 12.9. The molecule has 0 saturated heterocycles. The van der Waals surface area contributed by atoms with Crippen molar-refractivity contribution in [3.8, 4) is 0 Å². The molecule has 1 aromatic heterocycles. The van der Waals surface area contributed by atoms with Crippen molar-refractivity contribution >= 4 is 11.8 Å². The van der Waals surface area contributed by atoms with Crippen molar-refractivity contribution in [1.82, 2.24) is 9.97 Å². The van der Waals surface area contributed by atoms with Crippen molar-refractivity contribution in [3.05, 3.63) is 12.0 Å². The first-order valence-corrected chi connectivity index (χ1v) is 5.69. The topological polar surface area (TPSA) is 84.1 Å². The summed E-state index contributed by atoms with van der Waals surface area (Å²) < 4.78 is 13.4. The number of hydrogen-bond acceptors (Lipinski definition) is 5. The molecule has 6 heteroatoms. The maximum atomic E-state index is 13.4. The van der Waals surface area contributed by atoms with E-state index in [1.807, 2.05) is 13.8 Å². The average molecular weight is 242 g/mol. The second-order valence-corrected chi connectivity index (χ2v) is 4.14. The summed E-state index contributed by atoms with van der Waals surface area (Å²) in [5.41, 5.74) is 5.13. The molecule has 0 aliphatic carbocycles. The number of aromatic nitrogens is 2. The van der Waals surface area contributed by atoms with Crippen molar-refractivity contribution in [1.29, 1.82) is 0 Å². The first-order valence-electron chi connectivity index (χ1n) is 5.69. The molecule has 0 fully saturated rings. The number of anilines is 2. The lowest BCUT2D eigenvalue weighted by molar-refractivity contribution is 0.127. The molecule has 4 N–H and O–H groups in total. The van der Waals surface area contributed by atoms with Gasteiger partial charge in [0.15, 0.2) is 11.6 Å². The Balaban J connectivity index is 2.75. The normalized spacial score (nSPS) is 11.5. The van der Waals surface area contributed by atoms with Crippen molar-refractivity contribution in [2.45, 2.75) is 26.7 Å². The number of nitrogen functional groups attached to an aromatic ring is 1. The second kappa shape index (κ2) is 5.77. The van der Waals surface area contributed by atoms with Crippen LogP contribution < -0.4 is 11.1 Å². The van der Waals surface area contributed by atoms with Gasteiger partial charge < -0.3 is 16.2 Å². The molecule has 5 nitrogen and oxygen atoms in total. The van der Waals surface area contributed by atoms with Gasteiger partial charge in [-0.3, -0.25) is 0 Å². The number of nitrogens with one attached hydrogen (secondary N) is 1. The summed E-state index contributed by atoms with van der Waals surface area (Å²) in [5.74, 6) is -0.438. The zero-order valence-corrected chi connectivity index (χ0v) is 10.2. The van der Waals surface area contributed by atoms with E-state index in [9.17, 15) is 9.50 Å². The highest BCUT2D eigenvalue weighted by Gasteiger charge is 2.25. The second-order valence-electron chi connectivity index (χ2n) is 4.14. The number of nitrogens with two attached hydrogens (primary N) is 1. The highest BCUT2D eigenvalue weighted by molar-refractivity contribution is 5.39. The first-order chi connectivity index (χ1) is 8.06. The van der Waals surface area contributed by atoms with E-state index in [4.69, 9.17) is 5.73 Å². The van der Waals surface area contributed by atoms with Crippen LogP contribution in [-0.2, 0) is 0 Å². The fourth-order valence-corrected chi connectivity index (χ4v) is 1.56. The summed E-state index contributed by atoms with van der Waals surface area (Å²) in [5, 5.41) is 12.3. The average Bonchev–Trinajstić information content (AvgIpc) is 2.35. The SMILES string of the molecule is CCC(CC)(CO)CNc1nc(N)ncc1F. The smallest absolute Gasteiger partial charge is 0.222 e. The van der Waals surface area contributed by atoms with Crippen LogP contribution in [0, 0.1) is 11.2 Å². The Labute approximate surface area is 100 Å². The Morgan fingerprint density at radius 1 is 1.47 bits per heavy atom. The lowest BCUT2D eigenvalue weighted by atomic mass is 9.83. The van der Waals surface area contributed by atoms with Crippen molar-refractivity contribution in [3.63, 3.8) is 0 Å². The third-order valence-electron chi connectivity index (χ3n) is 3.23. The largest absolute Gasteiger partial charge is 0.396 e. The fraction of sp³-hybridized carbons (Fsp3) is 0.636. The predicted octanol–water partition coefficient (Wildman–Crippen LogP) is 1.41. The van der Waals surface area contributed by atoms with Crippen LogP contribution in [0.4, 0.5) is 16.2 Å². The van der Waals surface area contributed by atoms with E-state index >= 15 is 0 Å². The third kappa shape index (κ3) is 3.26. The molecule has 0 radical (unpaired) electrons. The van der Waals surface area contributed by atoms with Crippen LogP contribution in [0.2, 0.25) is 0 Å². The molecule has 0 saturated carbocycles. The number of aliphatic hydroxyl groups excluding tert-OH is 1. The van der Waals surface area contributed by atoms with Crippen molar-refractivity contribution in [2.24, 2.45) is 5.41 Å². The summed E-state index contributed by atoms with van der Waals surface area (Å²) in [7, 11) is 0. The lowest BCUT2D eigenvalue weighted by Gasteiger charge is -2.29. The highest BCUT2D eigenvalue weighted by Crippen LogP contribution is 2.26. The molecule has 0 amide bonds. The van der Waals surface area contributed by atoms with Gasteiger partial charge in [-0.1, -0.05) is 13.8 Å². The van der Waals surface area contributed by atoms with Gasteiger partial charge in [0.25, 0.3) is 0 Å². The molecule has 0 aromatic carbocycles. The molecule has 0 bridgehead atoms. The van der Waals surface area contributed by atoms with Gasteiger partial charge in [0.05, 0.1) is 12.8 Å². The quantitative estimate of drug-likeness (QED) is 0.702. The summed E-state index contributed by atoms with van der Waals surface area (Å²) in [6, 6.07) is 0. The van der Waals surface area contributed by atoms with Crippen LogP contribution in [0.25, 0.3) is 0 Å². The van der Waals surface area contributed by atoms with E-state index in [1.165, 1.54) is 0 Å². The van der Waals surface area contributed by atoms with Crippen LogP contribution in [0.5, 0.6) is 0 Å². The Morgan fingerprint density at radius 3 is 2.65 bits per heavy atom. The Morgan fingerprint density at radius 2 is 2.12 bits per heavy atom. The Hall–Kier alpha value is -1.43. The highest BCUT2D eigenvalue weighted by atomic mass is 19.1. The maximum Gasteiger partial charge on any atom is 0.222 e. The molecule has 1 rings (SSSR count). The molecule has 96 valence electrons. The van der Waals surface area contributed by atoms with Gasteiger partial charge >= 0.3 is 0 Å². The van der Waals surface area contributed by atoms with E-state index in [-0.39, 0.29) is 23.8 Å². The number of halogens is 1. The van der Waals surface area contributed by atoms with Gasteiger partial charge in [-0.2, -0.15) is 4.98 Å². The van der Waals surface area contributed by atoms with Crippen molar-refractivity contribution in [2.75, 3.05) is 24.2 Å². The minimum atomic E-state index is -0.543. The minimum absolute atomic E-state index is 0.0245. The van der Waals surface area contributed by atoms with Gasteiger partial charge in [-0.05, 0) is 12.8 Å². The predicted molar refractivity (Wildman–Crippen MR) is 65.0 cm³/mol. The molecule has 0 aliphatic heterocycles. The summed E-state index contributed by atoms with van der Waals surface area (Å²) in [4.78, 5) is 7.32. The molecule has 0 atom stereocenters. The third-order valence-corrected chi connectivity index (χ3v) is 3.23. The molecule has 0 unspecified atom stereocenters. The van der Waals surface area contributed by atoms with E-state index in [0.29, 0.717) is 6.54 Å². The number of aliphatic hydroxyl groups is 1. The Kier molecular flexibility index (Phi) is 4.62. The standard InChI is InChI=1S/C11H19FN4O/c1-3-11(4-2,7-17)6-15-9-8(12)5-14-10(13)16-9/h5,17H,3-4,6-7H2,1-2H3,(H3,13,14,15,16). The Bertz CT molecular complexity index is 360. The van der Waals surface area contributed by atoms with E-state index in [1.54, 1.807) is 0 Å². The van der Waals surface area contributed by atoms with Gasteiger partial charge in [0, 0.05) is 12.0 Å². The molecule has 1 aromatic rings. The van der Waals surface area contributed by atoms with Crippen LogP contribution in [0.1, 0.15) is 26.7 Å². The number of nitrogens with zero attached hydrogens (tertiary/aromatic N) is 2. The van der Waals surface area contributed by atoms with Gasteiger partial charge in [0.2, 0.25) is 5.95 Å². The molecule has 0 aliphatic rings. The van der Waals surface area contributed by atoms with Crippen LogP contribution in [0.3, 0.4) is 0 Å². The van der Waals surface area contributed by atoms with E-state index in [0.717, 1.165) is 19.0 Å². The lowest BCUT2D eigenvalue weighted by Crippen LogP contribution is -2.32. The fourth-order valence-electron chi connectivity index (χ4n) is 1.56. The summed E-state index contributed by atoms with van der Waals surface area (Å²) in [6.45, 7) is 4.48. The van der Waals surface area contributed by atoms with Gasteiger partial charge in [-0.15, -0.1) is 0 Å². The molecule has 1 heterocycles. The minimum Gasteiger partial charge on any atom is -0.396 e.